The van der Waals surface area contributed by atoms with E-state index >= 15 is 0 Å². The van der Waals surface area contributed by atoms with Crippen molar-refractivity contribution in [1.29, 1.82) is 0 Å². The molecule has 1 rings (SSSR count). The predicted octanol–water partition coefficient (Wildman–Crippen LogP) is -0.154. The molecule has 0 aliphatic rings. The normalized spacial score (nSPS) is 12.4. The van der Waals surface area contributed by atoms with Crippen molar-refractivity contribution in [2.75, 3.05) is 0 Å². The smallest absolute Gasteiger partial charge is 0.356 e. The van der Waals surface area contributed by atoms with Crippen molar-refractivity contribution < 1.29 is 19.8 Å². The predicted molar refractivity (Wildman–Crippen MR) is 45.1 cm³/mol. The largest absolute Gasteiger partial charge is 0.480 e. The zero-order chi connectivity index (χ0) is 10.9. The number of carboxylic acid groups (broad SMARTS) is 2. The molecule has 1 atom stereocenters. The van der Waals surface area contributed by atoms with Gasteiger partial charge in [-0.15, -0.1) is 0 Å². The van der Waals surface area contributed by atoms with E-state index in [-0.39, 0.29) is 10.7 Å². The number of hydrogen-bond acceptors (Lipinski definition) is 4. The lowest BCUT2D eigenvalue weighted by Crippen LogP contribution is -2.22. The second-order valence-corrected chi connectivity index (χ2v) is 2.80. The molecule has 0 bridgehead atoms. The van der Waals surface area contributed by atoms with E-state index in [9.17, 15) is 9.59 Å². The molecule has 1 heterocycles. The average molecular weight is 220 g/mol. The lowest BCUT2D eigenvalue weighted by molar-refractivity contribution is -0.138. The van der Waals surface area contributed by atoms with Crippen molar-refractivity contribution >= 4 is 23.5 Å². The first-order valence-electron chi connectivity index (χ1n) is 3.40. The molecule has 1 unspecified atom stereocenters. The van der Waals surface area contributed by atoms with Crippen LogP contribution < -0.4 is 5.73 Å². The molecule has 76 valence electrons. The zero-order valence-electron chi connectivity index (χ0n) is 6.69. The molecule has 5 N–H and O–H groups in total. The maximum atomic E-state index is 10.6. The van der Waals surface area contributed by atoms with Crippen LogP contribution in [0.2, 0.25) is 5.15 Å². The topological polar surface area (TPSA) is 129 Å². The Morgan fingerprint density at radius 2 is 2.07 bits per heavy atom. The van der Waals surface area contributed by atoms with Gasteiger partial charge in [0.2, 0.25) is 0 Å². The SMILES string of the molecule is NC(C(=O)O)c1c(C(=O)O)n[nH]c1Cl. The molecule has 0 amide bonds. The van der Waals surface area contributed by atoms with Gasteiger partial charge in [0.05, 0.1) is 5.56 Å². The molecule has 0 radical (unpaired) electrons. The second-order valence-electron chi connectivity index (χ2n) is 2.42. The van der Waals surface area contributed by atoms with E-state index in [1.54, 1.807) is 0 Å². The maximum absolute atomic E-state index is 10.6. The molecule has 0 aliphatic heterocycles. The fourth-order valence-electron chi connectivity index (χ4n) is 0.900. The molecule has 0 aromatic carbocycles. The Bertz CT molecular complexity index is 388. The van der Waals surface area contributed by atoms with Gasteiger partial charge in [0.15, 0.2) is 5.69 Å². The van der Waals surface area contributed by atoms with E-state index in [4.69, 9.17) is 27.5 Å². The Hall–Kier alpha value is -1.60. The first-order valence-corrected chi connectivity index (χ1v) is 3.78. The highest BCUT2D eigenvalue weighted by Gasteiger charge is 2.27. The van der Waals surface area contributed by atoms with Crippen LogP contribution in [-0.4, -0.2) is 32.3 Å². The Kier molecular flexibility index (Phi) is 2.73. The van der Waals surface area contributed by atoms with Crippen LogP contribution in [0.1, 0.15) is 22.1 Å². The minimum absolute atomic E-state index is 0.183. The first kappa shape index (κ1) is 10.5. The summed E-state index contributed by atoms with van der Waals surface area (Å²) in [5.74, 6) is -2.77. The van der Waals surface area contributed by atoms with Crippen LogP contribution in [0.25, 0.3) is 0 Å². The lowest BCUT2D eigenvalue weighted by Gasteiger charge is -2.04. The molecule has 14 heavy (non-hydrogen) atoms. The summed E-state index contributed by atoms with van der Waals surface area (Å²) in [4.78, 5) is 21.1. The molecule has 0 aliphatic carbocycles. The summed E-state index contributed by atoms with van der Waals surface area (Å²) in [6, 6.07) is -1.51. The lowest BCUT2D eigenvalue weighted by atomic mass is 10.1. The van der Waals surface area contributed by atoms with Gasteiger partial charge < -0.3 is 15.9 Å². The highest BCUT2D eigenvalue weighted by Crippen LogP contribution is 2.22. The van der Waals surface area contributed by atoms with Gasteiger partial charge in [0.25, 0.3) is 0 Å². The third kappa shape index (κ3) is 1.68. The third-order valence-corrected chi connectivity index (χ3v) is 1.83. The van der Waals surface area contributed by atoms with Crippen LogP contribution in [0.4, 0.5) is 0 Å². The molecule has 0 spiro atoms. The van der Waals surface area contributed by atoms with Gasteiger partial charge in [-0.25, -0.2) is 4.79 Å². The summed E-state index contributed by atoms with van der Waals surface area (Å²) in [5, 5.41) is 22.5. The highest BCUT2D eigenvalue weighted by atomic mass is 35.5. The number of aromatic carboxylic acids is 1. The standard InChI is InChI=1S/C6H6ClN3O4/c7-4-1(2(8)5(11)12)3(6(13)14)9-10-4/h2H,8H2,(H,9,10)(H,11,12)(H,13,14). The van der Waals surface area contributed by atoms with Gasteiger partial charge in [-0.1, -0.05) is 11.6 Å². The number of carboxylic acids is 2. The maximum Gasteiger partial charge on any atom is 0.356 e. The summed E-state index contributed by atoms with van der Waals surface area (Å²) in [7, 11) is 0. The Balaban J connectivity index is 3.24. The molecule has 0 saturated heterocycles. The van der Waals surface area contributed by atoms with Gasteiger partial charge in [-0.3, -0.25) is 9.89 Å². The number of nitrogens with two attached hydrogens (primary N) is 1. The van der Waals surface area contributed by atoms with Crippen LogP contribution in [0.3, 0.4) is 0 Å². The van der Waals surface area contributed by atoms with Gasteiger partial charge in [-0.05, 0) is 0 Å². The monoisotopic (exact) mass is 219 g/mol. The van der Waals surface area contributed by atoms with Crippen molar-refractivity contribution in [2.45, 2.75) is 6.04 Å². The number of aliphatic carboxylic acids is 1. The fraction of sp³-hybridized carbons (Fsp3) is 0.167. The van der Waals surface area contributed by atoms with E-state index in [2.05, 4.69) is 10.2 Å². The summed E-state index contributed by atoms with van der Waals surface area (Å²) >= 11 is 5.50. The van der Waals surface area contributed by atoms with Crippen LogP contribution in [0, 0.1) is 0 Å². The highest BCUT2D eigenvalue weighted by molar-refractivity contribution is 6.31. The minimum Gasteiger partial charge on any atom is -0.480 e. The number of carbonyl (C=O) groups is 2. The van der Waals surface area contributed by atoms with E-state index in [0.29, 0.717) is 0 Å². The van der Waals surface area contributed by atoms with E-state index in [1.165, 1.54) is 0 Å². The van der Waals surface area contributed by atoms with Gasteiger partial charge >= 0.3 is 11.9 Å². The van der Waals surface area contributed by atoms with Crippen molar-refractivity contribution in [1.82, 2.24) is 10.2 Å². The number of rotatable bonds is 3. The third-order valence-electron chi connectivity index (χ3n) is 1.54. The molecular formula is C6H6ClN3O4. The molecule has 0 saturated carbocycles. The zero-order valence-corrected chi connectivity index (χ0v) is 7.45. The van der Waals surface area contributed by atoms with Gasteiger partial charge in [0, 0.05) is 0 Å². The Morgan fingerprint density at radius 3 is 2.50 bits per heavy atom. The fourth-order valence-corrected chi connectivity index (χ4v) is 1.15. The summed E-state index contributed by atoms with van der Waals surface area (Å²) in [6.45, 7) is 0. The average Bonchev–Trinajstić information content (AvgIpc) is 2.45. The number of nitrogens with zero attached hydrogens (tertiary/aromatic N) is 1. The molecule has 8 heteroatoms. The summed E-state index contributed by atoms with van der Waals surface area (Å²) in [6.07, 6.45) is 0. The molecule has 7 nitrogen and oxygen atoms in total. The number of H-pyrrole nitrogens is 1. The first-order chi connectivity index (χ1) is 6.45. The van der Waals surface area contributed by atoms with Crippen LogP contribution >= 0.6 is 11.6 Å². The van der Waals surface area contributed by atoms with Crippen molar-refractivity contribution in [3.8, 4) is 0 Å². The Morgan fingerprint density at radius 1 is 1.50 bits per heavy atom. The molecule has 1 aromatic rings. The van der Waals surface area contributed by atoms with Crippen molar-refractivity contribution in [2.24, 2.45) is 5.73 Å². The van der Waals surface area contributed by atoms with Gasteiger partial charge in [0.1, 0.15) is 11.2 Å². The van der Waals surface area contributed by atoms with Crippen molar-refractivity contribution in [3.63, 3.8) is 0 Å². The second kappa shape index (κ2) is 3.64. The van der Waals surface area contributed by atoms with Gasteiger partial charge in [-0.2, -0.15) is 5.10 Å². The molecule has 1 aromatic heterocycles. The number of hydrogen-bond donors (Lipinski definition) is 4. The number of aromatic nitrogens is 2. The van der Waals surface area contributed by atoms with E-state index in [1.807, 2.05) is 0 Å². The van der Waals surface area contributed by atoms with Crippen LogP contribution in [-0.2, 0) is 4.79 Å². The van der Waals surface area contributed by atoms with E-state index < -0.39 is 23.7 Å². The minimum atomic E-state index is -1.51. The Labute approximate surface area is 82.5 Å². The van der Waals surface area contributed by atoms with E-state index in [0.717, 1.165) is 0 Å². The van der Waals surface area contributed by atoms with Crippen LogP contribution in [0.15, 0.2) is 0 Å². The number of nitrogens with one attached hydrogen (secondary N) is 1. The summed E-state index contributed by atoms with van der Waals surface area (Å²) < 4.78 is 0. The summed E-state index contributed by atoms with van der Waals surface area (Å²) in [5.41, 5.74) is 4.50. The quantitative estimate of drug-likeness (QED) is 0.559. The molecular weight excluding hydrogens is 214 g/mol. The van der Waals surface area contributed by atoms with Crippen molar-refractivity contribution in [3.05, 3.63) is 16.4 Å². The number of halogens is 1. The van der Waals surface area contributed by atoms with Crippen LogP contribution in [0.5, 0.6) is 0 Å². The molecule has 0 fully saturated rings. The number of aromatic amines is 1.